The van der Waals surface area contributed by atoms with Gasteiger partial charge in [-0.2, -0.15) is 0 Å². The summed E-state index contributed by atoms with van der Waals surface area (Å²) in [7, 11) is 0. The van der Waals surface area contributed by atoms with Gasteiger partial charge in [0.2, 0.25) is 0 Å². The molecule has 22 heavy (non-hydrogen) atoms. The van der Waals surface area contributed by atoms with E-state index in [2.05, 4.69) is 27.7 Å². The lowest BCUT2D eigenvalue weighted by atomic mass is 9.42. The predicted molar refractivity (Wildman–Crippen MR) is 92.3 cm³/mol. The Labute approximate surface area is 137 Å². The summed E-state index contributed by atoms with van der Waals surface area (Å²) < 4.78 is 0. The van der Waals surface area contributed by atoms with Crippen molar-refractivity contribution in [2.75, 3.05) is 0 Å². The van der Waals surface area contributed by atoms with E-state index in [1.165, 1.54) is 6.42 Å². The van der Waals surface area contributed by atoms with E-state index in [0.717, 1.165) is 64.6 Å². The van der Waals surface area contributed by atoms with Crippen LogP contribution in [0.4, 0.5) is 0 Å². The molecule has 6 aliphatic carbocycles. The quantitative estimate of drug-likeness (QED) is 0.585. The second-order valence-corrected chi connectivity index (χ2v) is 10.7. The number of fused-ring (bicyclic) bond motifs is 4. The molecule has 4 bridgehead atoms. The minimum Gasteiger partial charge on any atom is -0.0622 e. The Hall–Kier alpha value is 0. The molecule has 0 nitrogen and oxygen atoms in total. The van der Waals surface area contributed by atoms with Gasteiger partial charge >= 0.3 is 0 Å². The lowest BCUT2D eigenvalue weighted by Gasteiger charge is -2.63. The SMILES string of the molecule is CC1CC2(C3CC4CC3C(C)C4C3CCC3C)CC(C2)C1C. The van der Waals surface area contributed by atoms with E-state index in [9.17, 15) is 0 Å². The number of hydrogen-bond acceptors (Lipinski definition) is 0. The van der Waals surface area contributed by atoms with Crippen molar-refractivity contribution >= 4 is 0 Å². The topological polar surface area (TPSA) is 0 Å². The van der Waals surface area contributed by atoms with Gasteiger partial charge in [-0.1, -0.05) is 34.1 Å². The Morgan fingerprint density at radius 1 is 0.682 bits per heavy atom. The fourth-order valence-electron chi connectivity index (χ4n) is 8.70. The lowest BCUT2D eigenvalue weighted by Crippen LogP contribution is -2.55. The zero-order valence-electron chi connectivity index (χ0n) is 15.2. The summed E-state index contributed by atoms with van der Waals surface area (Å²) in [5.41, 5.74) is 0.820. The highest BCUT2D eigenvalue weighted by Gasteiger charge is 2.64. The maximum Gasteiger partial charge on any atom is -0.0258 e. The minimum atomic E-state index is 0.820. The molecule has 9 atom stereocenters. The molecular formula is C22H36. The first-order valence-electron chi connectivity index (χ1n) is 10.5. The standard InChI is InChI=1S/C22H36/c1-12-5-6-18(12)21-15(4)19-7-16(21)8-20(19)22-9-13(2)14(3)17(10-22)11-22/h12-21H,5-11H2,1-4H3. The molecule has 0 heteroatoms. The van der Waals surface area contributed by atoms with Gasteiger partial charge in [0.05, 0.1) is 0 Å². The molecule has 6 rings (SSSR count). The van der Waals surface area contributed by atoms with Crippen molar-refractivity contribution in [2.24, 2.45) is 64.6 Å². The van der Waals surface area contributed by atoms with Crippen molar-refractivity contribution in [2.45, 2.75) is 72.6 Å². The molecule has 0 radical (unpaired) electrons. The molecule has 0 aromatic rings. The molecule has 0 saturated heterocycles. The Morgan fingerprint density at radius 3 is 2.00 bits per heavy atom. The lowest BCUT2D eigenvalue weighted by molar-refractivity contribution is -0.139. The fourth-order valence-corrected chi connectivity index (χ4v) is 8.70. The van der Waals surface area contributed by atoms with Crippen LogP contribution < -0.4 is 0 Å². The largest absolute Gasteiger partial charge is 0.0622 e. The smallest absolute Gasteiger partial charge is 0.0258 e. The maximum atomic E-state index is 2.66. The second kappa shape index (κ2) is 4.54. The Kier molecular flexibility index (Phi) is 2.96. The van der Waals surface area contributed by atoms with E-state index < -0.39 is 0 Å². The molecule has 0 aromatic carbocycles. The molecule has 6 saturated carbocycles. The minimum absolute atomic E-state index is 0.820. The van der Waals surface area contributed by atoms with Crippen molar-refractivity contribution in [3.05, 3.63) is 0 Å². The highest BCUT2D eigenvalue weighted by atomic mass is 14.7. The maximum absolute atomic E-state index is 2.66. The van der Waals surface area contributed by atoms with Crippen LogP contribution in [0.25, 0.3) is 0 Å². The van der Waals surface area contributed by atoms with E-state index in [-0.39, 0.29) is 0 Å². The number of hydrogen-bond donors (Lipinski definition) is 0. The molecular weight excluding hydrogens is 264 g/mol. The van der Waals surface area contributed by atoms with Gasteiger partial charge in [-0.05, 0) is 103 Å². The summed E-state index contributed by atoms with van der Waals surface area (Å²) in [5, 5.41) is 0. The summed E-state index contributed by atoms with van der Waals surface area (Å²) in [6, 6.07) is 0. The molecule has 0 amide bonds. The van der Waals surface area contributed by atoms with Crippen LogP contribution >= 0.6 is 0 Å². The van der Waals surface area contributed by atoms with Gasteiger partial charge in [0.1, 0.15) is 0 Å². The molecule has 0 aromatic heterocycles. The van der Waals surface area contributed by atoms with Gasteiger partial charge in [0, 0.05) is 0 Å². The van der Waals surface area contributed by atoms with E-state index in [0.29, 0.717) is 0 Å². The summed E-state index contributed by atoms with van der Waals surface area (Å²) in [6.45, 7) is 10.3. The van der Waals surface area contributed by atoms with Crippen LogP contribution in [-0.2, 0) is 0 Å². The van der Waals surface area contributed by atoms with Crippen molar-refractivity contribution in [3.8, 4) is 0 Å². The molecule has 0 heterocycles. The Balaban J connectivity index is 1.34. The Bertz CT molecular complexity index is 455. The Morgan fingerprint density at radius 2 is 1.45 bits per heavy atom. The molecule has 0 spiro atoms. The van der Waals surface area contributed by atoms with E-state index in [1.54, 1.807) is 38.5 Å². The van der Waals surface area contributed by atoms with Crippen LogP contribution in [0.15, 0.2) is 0 Å². The van der Waals surface area contributed by atoms with E-state index in [4.69, 9.17) is 0 Å². The molecule has 124 valence electrons. The van der Waals surface area contributed by atoms with Crippen molar-refractivity contribution < 1.29 is 0 Å². The summed E-state index contributed by atoms with van der Waals surface area (Å²) in [6.07, 6.45) is 11.2. The van der Waals surface area contributed by atoms with Crippen LogP contribution in [0, 0.1) is 64.6 Å². The van der Waals surface area contributed by atoms with Gasteiger partial charge in [-0.3, -0.25) is 0 Å². The molecule has 9 unspecified atom stereocenters. The summed E-state index contributed by atoms with van der Waals surface area (Å²) in [4.78, 5) is 0. The van der Waals surface area contributed by atoms with E-state index >= 15 is 0 Å². The van der Waals surface area contributed by atoms with Gasteiger partial charge in [0.25, 0.3) is 0 Å². The fraction of sp³-hybridized carbons (Fsp3) is 1.00. The zero-order valence-corrected chi connectivity index (χ0v) is 15.2. The zero-order chi connectivity index (χ0) is 15.2. The molecule has 6 aliphatic rings. The molecule has 0 aliphatic heterocycles. The highest BCUT2D eigenvalue weighted by Crippen LogP contribution is 2.72. The van der Waals surface area contributed by atoms with Crippen molar-refractivity contribution in [1.82, 2.24) is 0 Å². The molecule has 0 N–H and O–H groups in total. The second-order valence-electron chi connectivity index (χ2n) is 10.7. The third kappa shape index (κ3) is 1.66. The van der Waals surface area contributed by atoms with Gasteiger partial charge in [0.15, 0.2) is 0 Å². The van der Waals surface area contributed by atoms with Crippen LogP contribution in [0.3, 0.4) is 0 Å². The van der Waals surface area contributed by atoms with E-state index in [1.807, 2.05) is 0 Å². The first-order chi connectivity index (χ1) is 10.5. The summed E-state index contributed by atoms with van der Waals surface area (Å²) in [5.74, 6) is 10.8. The highest BCUT2D eigenvalue weighted by molar-refractivity contribution is 5.13. The van der Waals surface area contributed by atoms with Crippen LogP contribution in [0.1, 0.15) is 72.6 Å². The molecule has 6 fully saturated rings. The predicted octanol–water partition coefficient (Wildman–Crippen LogP) is 6.01. The van der Waals surface area contributed by atoms with Crippen LogP contribution in [0.5, 0.6) is 0 Å². The normalized spacial score (nSPS) is 66.0. The third-order valence-electron chi connectivity index (χ3n) is 10.1. The third-order valence-corrected chi connectivity index (χ3v) is 10.1. The van der Waals surface area contributed by atoms with Gasteiger partial charge < -0.3 is 0 Å². The van der Waals surface area contributed by atoms with Gasteiger partial charge in [-0.25, -0.2) is 0 Å². The van der Waals surface area contributed by atoms with Crippen LogP contribution in [0.2, 0.25) is 0 Å². The number of rotatable bonds is 2. The average Bonchev–Trinajstić information content (AvgIpc) is 2.99. The van der Waals surface area contributed by atoms with Gasteiger partial charge in [-0.15, -0.1) is 0 Å². The van der Waals surface area contributed by atoms with Crippen molar-refractivity contribution in [1.29, 1.82) is 0 Å². The first kappa shape index (κ1) is 14.4. The summed E-state index contributed by atoms with van der Waals surface area (Å²) >= 11 is 0. The monoisotopic (exact) mass is 300 g/mol. The average molecular weight is 301 g/mol. The van der Waals surface area contributed by atoms with Crippen LogP contribution in [-0.4, -0.2) is 0 Å². The van der Waals surface area contributed by atoms with Crippen molar-refractivity contribution in [3.63, 3.8) is 0 Å². The first-order valence-corrected chi connectivity index (χ1v) is 10.5.